The van der Waals surface area contributed by atoms with Crippen LogP contribution in [0, 0.1) is 0 Å². The number of rotatable bonds is 5. The van der Waals surface area contributed by atoms with Gasteiger partial charge in [0, 0.05) is 4.88 Å². The molecule has 112 valence electrons. The fourth-order valence-electron chi connectivity index (χ4n) is 1.64. The minimum atomic E-state index is -0.142. The zero-order chi connectivity index (χ0) is 15.4. The van der Waals surface area contributed by atoms with Crippen LogP contribution < -0.4 is 5.43 Å². The van der Waals surface area contributed by atoms with Crippen LogP contribution in [0.5, 0.6) is 0 Å². The van der Waals surface area contributed by atoms with Crippen LogP contribution in [0.3, 0.4) is 0 Å². The normalized spacial score (nSPS) is 11.3. The van der Waals surface area contributed by atoms with E-state index in [4.69, 9.17) is 0 Å². The summed E-state index contributed by atoms with van der Waals surface area (Å²) in [5.74, 6) is 0.154. The van der Waals surface area contributed by atoms with Crippen molar-refractivity contribution in [2.75, 3.05) is 5.75 Å². The predicted molar refractivity (Wildman–Crippen MR) is 98.1 cm³/mol. The number of thiazole rings is 1. The van der Waals surface area contributed by atoms with Crippen molar-refractivity contribution in [2.24, 2.45) is 5.10 Å². The lowest BCUT2D eigenvalue weighted by Gasteiger charge is -1.96. The van der Waals surface area contributed by atoms with E-state index in [-0.39, 0.29) is 5.91 Å². The number of halogens is 1. The molecule has 1 aromatic carbocycles. The van der Waals surface area contributed by atoms with Gasteiger partial charge in [0.05, 0.1) is 26.0 Å². The maximum Gasteiger partial charge on any atom is 0.250 e. The molecule has 0 saturated heterocycles. The van der Waals surface area contributed by atoms with Crippen molar-refractivity contribution in [2.45, 2.75) is 4.34 Å². The van der Waals surface area contributed by atoms with Gasteiger partial charge in [0.1, 0.15) is 0 Å². The van der Waals surface area contributed by atoms with Crippen LogP contribution in [0.15, 0.2) is 49.6 Å². The second-order valence-electron chi connectivity index (χ2n) is 4.17. The Morgan fingerprint density at radius 1 is 1.32 bits per heavy atom. The lowest BCUT2D eigenvalue weighted by molar-refractivity contribution is -0.118. The van der Waals surface area contributed by atoms with Gasteiger partial charge in [-0.3, -0.25) is 4.79 Å². The van der Waals surface area contributed by atoms with Gasteiger partial charge in [-0.05, 0) is 40.2 Å². The van der Waals surface area contributed by atoms with Crippen LogP contribution in [0.25, 0.3) is 10.2 Å². The van der Waals surface area contributed by atoms with Crippen LogP contribution in [-0.4, -0.2) is 22.9 Å². The first-order chi connectivity index (χ1) is 10.7. The van der Waals surface area contributed by atoms with E-state index in [0.717, 1.165) is 23.2 Å². The highest BCUT2D eigenvalue weighted by Gasteiger charge is 2.06. The van der Waals surface area contributed by atoms with Crippen molar-refractivity contribution in [1.82, 2.24) is 10.4 Å². The molecule has 1 N–H and O–H groups in total. The molecule has 0 bridgehead atoms. The van der Waals surface area contributed by atoms with Gasteiger partial charge < -0.3 is 0 Å². The van der Waals surface area contributed by atoms with Crippen LogP contribution >= 0.6 is 50.4 Å². The minimum absolute atomic E-state index is 0.142. The molecule has 22 heavy (non-hydrogen) atoms. The molecule has 8 heteroatoms. The molecular weight excluding hydrogens is 402 g/mol. The first kappa shape index (κ1) is 15.7. The van der Waals surface area contributed by atoms with Crippen LogP contribution in [0.1, 0.15) is 4.88 Å². The first-order valence-corrected chi connectivity index (χ1v) is 9.67. The van der Waals surface area contributed by atoms with Gasteiger partial charge in [0.25, 0.3) is 5.91 Å². The van der Waals surface area contributed by atoms with Gasteiger partial charge in [0.2, 0.25) is 0 Å². The van der Waals surface area contributed by atoms with Crippen LogP contribution in [-0.2, 0) is 4.79 Å². The molecule has 0 aliphatic carbocycles. The number of hydrazone groups is 1. The third-order valence-electron chi connectivity index (χ3n) is 2.58. The fourth-order valence-corrected chi connectivity index (χ4v) is 4.79. The van der Waals surface area contributed by atoms with Gasteiger partial charge in [-0.15, -0.1) is 22.7 Å². The zero-order valence-electron chi connectivity index (χ0n) is 11.2. The lowest BCUT2D eigenvalue weighted by atomic mass is 10.3. The van der Waals surface area contributed by atoms with E-state index in [1.165, 1.54) is 11.8 Å². The number of thioether (sulfide) groups is 1. The summed E-state index contributed by atoms with van der Waals surface area (Å²) in [6.07, 6.45) is 1.63. The summed E-state index contributed by atoms with van der Waals surface area (Å²) in [7, 11) is 0. The standard InChI is InChI=1S/C14H10BrN3OS3/c15-12-6-5-9(21-12)7-16-18-13(19)8-20-14-17-10-3-1-2-4-11(10)22-14/h1-7H,8H2,(H,18,19)/b16-7+. The van der Waals surface area contributed by atoms with Crippen LogP contribution in [0.2, 0.25) is 0 Å². The number of hydrogen-bond donors (Lipinski definition) is 1. The number of thiophene rings is 1. The number of hydrogen-bond acceptors (Lipinski definition) is 6. The van der Waals surface area contributed by atoms with Crippen LogP contribution in [0.4, 0.5) is 0 Å². The van der Waals surface area contributed by atoms with Crippen molar-refractivity contribution in [1.29, 1.82) is 0 Å². The van der Waals surface area contributed by atoms with E-state index >= 15 is 0 Å². The maximum atomic E-state index is 11.8. The molecule has 0 aliphatic heterocycles. The molecule has 0 saturated carbocycles. The number of aromatic nitrogens is 1. The number of nitrogens with one attached hydrogen (secondary N) is 1. The van der Waals surface area contributed by atoms with E-state index in [0.29, 0.717) is 5.75 Å². The largest absolute Gasteiger partial charge is 0.272 e. The highest BCUT2D eigenvalue weighted by molar-refractivity contribution is 9.11. The van der Waals surface area contributed by atoms with Crippen molar-refractivity contribution < 1.29 is 4.79 Å². The molecule has 0 unspecified atom stereocenters. The highest BCUT2D eigenvalue weighted by Crippen LogP contribution is 2.29. The summed E-state index contributed by atoms with van der Waals surface area (Å²) >= 11 is 7.95. The summed E-state index contributed by atoms with van der Waals surface area (Å²) in [6.45, 7) is 0. The predicted octanol–water partition coefficient (Wildman–Crippen LogP) is 4.36. The Bertz CT molecular complexity index is 794. The van der Waals surface area contributed by atoms with E-state index in [1.807, 2.05) is 36.4 Å². The first-order valence-electron chi connectivity index (χ1n) is 6.26. The molecule has 0 atom stereocenters. The second kappa shape index (κ2) is 7.36. The molecule has 0 fully saturated rings. The van der Waals surface area contributed by atoms with Crippen molar-refractivity contribution in [3.63, 3.8) is 0 Å². The molecule has 0 radical (unpaired) electrons. The topological polar surface area (TPSA) is 54.4 Å². The molecule has 1 amide bonds. The van der Waals surface area contributed by atoms with Crippen molar-refractivity contribution in [3.8, 4) is 0 Å². The zero-order valence-corrected chi connectivity index (χ0v) is 15.2. The number of benzene rings is 1. The quantitative estimate of drug-likeness (QED) is 0.385. The lowest BCUT2D eigenvalue weighted by Crippen LogP contribution is -2.19. The summed E-state index contributed by atoms with van der Waals surface area (Å²) in [5, 5.41) is 3.94. The SMILES string of the molecule is O=C(CSc1nc2ccccc2s1)N/N=C/c1ccc(Br)s1. The molecule has 3 rings (SSSR count). The molecular formula is C14H10BrN3OS3. The van der Waals surface area contributed by atoms with Crippen molar-refractivity contribution in [3.05, 3.63) is 45.1 Å². The molecule has 3 aromatic rings. The maximum absolute atomic E-state index is 11.8. The average Bonchev–Trinajstić information content (AvgIpc) is 3.11. The van der Waals surface area contributed by atoms with Crippen molar-refractivity contribution >= 4 is 72.7 Å². The Labute approximate surface area is 147 Å². The Morgan fingerprint density at radius 2 is 2.18 bits per heavy atom. The van der Waals surface area contributed by atoms with Gasteiger partial charge in [-0.1, -0.05) is 23.9 Å². The smallest absolute Gasteiger partial charge is 0.250 e. The molecule has 2 aromatic heterocycles. The molecule has 4 nitrogen and oxygen atoms in total. The second-order valence-corrected chi connectivity index (χ2v) is 8.92. The monoisotopic (exact) mass is 411 g/mol. The van der Waals surface area contributed by atoms with Gasteiger partial charge in [-0.25, -0.2) is 10.4 Å². The molecule has 2 heterocycles. The number of fused-ring (bicyclic) bond motifs is 1. The van der Waals surface area contributed by atoms with E-state index in [9.17, 15) is 4.79 Å². The summed E-state index contributed by atoms with van der Waals surface area (Å²) in [5.41, 5.74) is 3.49. The summed E-state index contributed by atoms with van der Waals surface area (Å²) in [4.78, 5) is 17.2. The third-order valence-corrected chi connectivity index (χ3v) is 6.31. The Morgan fingerprint density at radius 3 is 2.95 bits per heavy atom. The highest BCUT2D eigenvalue weighted by atomic mass is 79.9. The fraction of sp³-hybridized carbons (Fsp3) is 0.0714. The molecule has 0 spiro atoms. The Kier molecular flexibility index (Phi) is 5.24. The number of nitrogens with zero attached hydrogens (tertiary/aromatic N) is 2. The third kappa shape index (κ3) is 4.16. The van der Waals surface area contributed by atoms with Gasteiger partial charge in [0.15, 0.2) is 4.34 Å². The van der Waals surface area contributed by atoms with Gasteiger partial charge in [-0.2, -0.15) is 5.10 Å². The number of carbonyl (C=O) groups is 1. The Balaban J connectivity index is 1.50. The number of carbonyl (C=O) groups excluding carboxylic acids is 1. The average molecular weight is 412 g/mol. The van der Waals surface area contributed by atoms with Gasteiger partial charge >= 0.3 is 0 Å². The molecule has 0 aliphatic rings. The van der Waals surface area contributed by atoms with E-state index < -0.39 is 0 Å². The number of para-hydroxylation sites is 1. The Hall–Kier alpha value is -1.22. The summed E-state index contributed by atoms with van der Waals surface area (Å²) < 4.78 is 3.06. The van der Waals surface area contributed by atoms with E-state index in [2.05, 4.69) is 31.4 Å². The van der Waals surface area contributed by atoms with E-state index in [1.54, 1.807) is 28.9 Å². The summed E-state index contributed by atoms with van der Waals surface area (Å²) in [6, 6.07) is 11.8. The number of amides is 1. The minimum Gasteiger partial charge on any atom is -0.272 e.